The number of aryl methyl sites for hydroxylation is 1. The van der Waals surface area contributed by atoms with Gasteiger partial charge >= 0.3 is 0 Å². The zero-order chi connectivity index (χ0) is 20.5. The van der Waals surface area contributed by atoms with Crippen LogP contribution in [0.15, 0.2) is 6.20 Å². The summed E-state index contributed by atoms with van der Waals surface area (Å²) in [6, 6.07) is 0. The number of rotatable bonds is 2. The fourth-order valence-corrected chi connectivity index (χ4v) is 4.56. The number of aromatic nitrogens is 2. The molecule has 2 heterocycles. The van der Waals surface area contributed by atoms with Crippen LogP contribution in [0.3, 0.4) is 0 Å². The highest BCUT2D eigenvalue weighted by Gasteiger charge is 2.29. The molecule has 158 valence electrons. The van der Waals surface area contributed by atoms with Crippen LogP contribution in [-0.4, -0.2) is 35.5 Å². The maximum atomic E-state index is 14.3. The van der Waals surface area contributed by atoms with Crippen LogP contribution >= 0.6 is 0 Å². The van der Waals surface area contributed by atoms with Crippen LogP contribution in [0.25, 0.3) is 0 Å². The summed E-state index contributed by atoms with van der Waals surface area (Å²) in [7, 11) is 1.69. The van der Waals surface area contributed by atoms with Gasteiger partial charge in [0.25, 0.3) is 0 Å². The van der Waals surface area contributed by atoms with Gasteiger partial charge in [-0.3, -0.25) is 4.79 Å². The van der Waals surface area contributed by atoms with E-state index in [-0.39, 0.29) is 19.3 Å². The van der Waals surface area contributed by atoms with Crippen molar-refractivity contribution in [2.45, 2.75) is 65.0 Å². The van der Waals surface area contributed by atoms with Crippen molar-refractivity contribution in [2.24, 2.45) is 0 Å². The Morgan fingerprint density at radius 1 is 1.24 bits per heavy atom. The number of methoxy groups -OCH3 is 1. The summed E-state index contributed by atoms with van der Waals surface area (Å²) in [5.74, 6) is 0.835. The molecule has 0 bridgehead atoms. The molecule has 1 atom stereocenters. The fourth-order valence-electron chi connectivity index (χ4n) is 4.56. The van der Waals surface area contributed by atoms with Crippen LogP contribution in [0.5, 0.6) is 5.88 Å². The van der Waals surface area contributed by atoms with E-state index in [0.717, 1.165) is 84.5 Å². The maximum absolute atomic E-state index is 14.3. The molecule has 2 aromatic rings. The normalized spacial score (nSPS) is 18.8. The Morgan fingerprint density at radius 2 is 1.86 bits per heavy atom. The Kier molecular flexibility index (Phi) is 5.58. The van der Waals surface area contributed by atoms with Gasteiger partial charge in [0.2, 0.25) is 11.8 Å². The number of hydrogen-bond donors (Lipinski definition) is 1. The second-order valence-corrected chi connectivity index (χ2v) is 7.98. The molecule has 3 aliphatic rings. The number of amides is 1. The van der Waals surface area contributed by atoms with Crippen molar-refractivity contribution in [1.29, 1.82) is 0 Å². The third-order valence-electron chi connectivity index (χ3n) is 5.95. The van der Waals surface area contributed by atoms with Crippen molar-refractivity contribution in [3.8, 4) is 5.88 Å². The van der Waals surface area contributed by atoms with E-state index in [2.05, 4.69) is 10.4 Å². The van der Waals surface area contributed by atoms with Gasteiger partial charge in [-0.25, -0.2) is 9.07 Å². The first-order valence-electron chi connectivity index (χ1n) is 10.3. The van der Waals surface area contributed by atoms with Crippen molar-refractivity contribution in [2.75, 3.05) is 19.0 Å². The highest BCUT2D eigenvalue weighted by atomic mass is 19.1. The van der Waals surface area contributed by atoms with Gasteiger partial charge in [-0.15, -0.1) is 0 Å². The van der Waals surface area contributed by atoms with Crippen molar-refractivity contribution in [3.63, 3.8) is 0 Å². The number of carbonyl (C=O) groups excluding carboxylic acids is 1. The Labute approximate surface area is 171 Å². The number of carbonyl (C=O) groups is 1. The molecule has 5 rings (SSSR count). The van der Waals surface area contributed by atoms with Crippen LogP contribution in [-0.2, 0) is 41.8 Å². The first-order valence-corrected chi connectivity index (χ1v) is 10.3. The van der Waals surface area contributed by atoms with Crippen molar-refractivity contribution in [3.05, 3.63) is 39.8 Å². The number of halogens is 1. The molecule has 0 saturated carbocycles. The zero-order valence-electron chi connectivity index (χ0n) is 17.3. The molecule has 0 fully saturated rings. The topological polar surface area (TPSA) is 65.4 Å². The molecule has 2 aliphatic carbocycles. The Balaban J connectivity index is 0.000000175. The molecule has 6 nitrogen and oxygen atoms in total. The van der Waals surface area contributed by atoms with Crippen molar-refractivity contribution >= 4 is 11.6 Å². The summed E-state index contributed by atoms with van der Waals surface area (Å²) in [5, 5.41) is 7.09. The van der Waals surface area contributed by atoms with E-state index in [4.69, 9.17) is 9.47 Å². The summed E-state index contributed by atoms with van der Waals surface area (Å²) in [4.78, 5) is 11.3. The minimum atomic E-state index is -0.0557. The zero-order valence-corrected chi connectivity index (χ0v) is 17.3. The van der Waals surface area contributed by atoms with Crippen LogP contribution < -0.4 is 10.1 Å². The standard InChI is InChI=1S/C14H16FNO.C8H12N2O2.H2/c1-8(17)16-14-11-6-2-4-9(11)13(15)10-5-3-7-12(10)14;1-6-3-9-10-4-7(11-2)5-12-8(6)10;/h2-7H2,1H3,(H,16,17);3,7H,4-5H2,1-2H3;1H/t;7-;/m.0./s1. The Bertz CT molecular complexity index is 909. The minimum absolute atomic E-state index is 0. The number of hydrogen-bond acceptors (Lipinski definition) is 4. The lowest BCUT2D eigenvalue weighted by atomic mass is 9.97. The molecule has 0 spiro atoms. The summed E-state index contributed by atoms with van der Waals surface area (Å²) in [5.41, 5.74) is 5.84. The molecule has 1 N–H and O–H groups in total. The minimum Gasteiger partial charge on any atom is -0.475 e. The van der Waals surface area contributed by atoms with Crippen LogP contribution in [0, 0.1) is 12.7 Å². The average molecular weight is 403 g/mol. The quantitative estimate of drug-likeness (QED) is 0.832. The lowest BCUT2D eigenvalue weighted by Crippen LogP contribution is -2.31. The molecule has 1 aromatic heterocycles. The van der Waals surface area contributed by atoms with Gasteiger partial charge in [0.1, 0.15) is 18.5 Å². The molecular formula is C22H30FN3O3. The maximum Gasteiger partial charge on any atom is 0.221 e. The van der Waals surface area contributed by atoms with E-state index < -0.39 is 0 Å². The van der Waals surface area contributed by atoms with E-state index in [1.807, 2.05) is 17.8 Å². The van der Waals surface area contributed by atoms with Crippen molar-refractivity contribution < 1.29 is 20.1 Å². The predicted octanol–water partition coefficient (Wildman–Crippen LogP) is 3.61. The summed E-state index contributed by atoms with van der Waals surface area (Å²) < 4.78 is 26.8. The summed E-state index contributed by atoms with van der Waals surface area (Å²) >= 11 is 0. The second-order valence-electron chi connectivity index (χ2n) is 7.98. The van der Waals surface area contributed by atoms with Gasteiger partial charge in [0.15, 0.2) is 0 Å². The van der Waals surface area contributed by atoms with E-state index in [1.165, 1.54) is 6.92 Å². The summed E-state index contributed by atoms with van der Waals surface area (Å²) in [6.07, 6.45) is 7.39. The molecule has 29 heavy (non-hydrogen) atoms. The molecular weight excluding hydrogens is 373 g/mol. The molecule has 0 radical (unpaired) electrons. The molecule has 0 saturated heterocycles. The highest BCUT2D eigenvalue weighted by Crippen LogP contribution is 2.40. The van der Waals surface area contributed by atoms with Gasteiger partial charge in [-0.05, 0) is 67.7 Å². The van der Waals surface area contributed by atoms with Crippen LogP contribution in [0.4, 0.5) is 10.1 Å². The first kappa shape index (κ1) is 19.9. The van der Waals surface area contributed by atoms with Gasteiger partial charge in [-0.1, -0.05) is 0 Å². The smallest absolute Gasteiger partial charge is 0.221 e. The fraction of sp³-hybridized carbons (Fsp3) is 0.545. The van der Waals surface area contributed by atoms with E-state index >= 15 is 0 Å². The Morgan fingerprint density at radius 3 is 2.45 bits per heavy atom. The van der Waals surface area contributed by atoms with Crippen LogP contribution in [0.2, 0.25) is 0 Å². The molecule has 7 heteroatoms. The number of fused-ring (bicyclic) bond motifs is 3. The molecule has 1 amide bonds. The first-order chi connectivity index (χ1) is 14.0. The molecule has 1 aromatic carbocycles. The third-order valence-corrected chi connectivity index (χ3v) is 5.95. The van der Waals surface area contributed by atoms with Gasteiger partial charge in [-0.2, -0.15) is 5.10 Å². The number of benzene rings is 1. The lowest BCUT2D eigenvalue weighted by Gasteiger charge is -2.23. The van der Waals surface area contributed by atoms with Crippen molar-refractivity contribution in [1.82, 2.24) is 9.78 Å². The summed E-state index contributed by atoms with van der Waals surface area (Å²) in [6.45, 7) is 4.93. The van der Waals surface area contributed by atoms with Gasteiger partial charge < -0.3 is 14.8 Å². The van der Waals surface area contributed by atoms with E-state index in [1.54, 1.807) is 7.11 Å². The van der Waals surface area contributed by atoms with E-state index in [0.29, 0.717) is 6.61 Å². The number of nitrogens with zero attached hydrogens (tertiary/aromatic N) is 2. The van der Waals surface area contributed by atoms with Gasteiger partial charge in [0.05, 0.1) is 12.7 Å². The largest absolute Gasteiger partial charge is 0.475 e. The monoisotopic (exact) mass is 403 g/mol. The number of nitrogens with one attached hydrogen (secondary N) is 1. The number of anilines is 1. The molecule has 1 aliphatic heterocycles. The highest BCUT2D eigenvalue weighted by molar-refractivity contribution is 5.91. The van der Waals surface area contributed by atoms with E-state index in [9.17, 15) is 9.18 Å². The van der Waals surface area contributed by atoms with Crippen LogP contribution in [0.1, 0.15) is 49.0 Å². The number of ether oxygens (including phenoxy) is 2. The SMILES string of the molecule is CC(=O)Nc1c2c(c(F)c3c1CCC3)CCC2.CO[C@@H]1COc2c(C)cnn2C1.[HH]. The second kappa shape index (κ2) is 8.14. The average Bonchev–Trinajstić information content (AvgIpc) is 3.45. The lowest BCUT2D eigenvalue weighted by molar-refractivity contribution is -0.114. The third kappa shape index (κ3) is 3.75. The predicted molar refractivity (Wildman–Crippen MR) is 110 cm³/mol. The Hall–Kier alpha value is -2.41. The molecule has 0 unspecified atom stereocenters. The van der Waals surface area contributed by atoms with Gasteiger partial charge in [0, 0.05) is 26.7 Å².